The Bertz CT molecular complexity index is 454. The monoisotopic (exact) mass is 244 g/mol. The van der Waals surface area contributed by atoms with Crippen LogP contribution in [0.5, 0.6) is 0 Å². The minimum absolute atomic E-state index is 0.0459. The molecule has 5 nitrogen and oxygen atoms in total. The molecule has 0 aromatic carbocycles. The largest absolute Gasteiger partial charge is 0.327 e. The van der Waals surface area contributed by atoms with Crippen LogP contribution in [0.2, 0.25) is 0 Å². The quantitative estimate of drug-likeness (QED) is 0.859. The predicted octanol–water partition coefficient (Wildman–Crippen LogP) is 0.986. The zero-order valence-corrected chi connectivity index (χ0v) is 10.1. The van der Waals surface area contributed by atoms with Gasteiger partial charge in [0.1, 0.15) is 6.04 Å². The van der Waals surface area contributed by atoms with Gasteiger partial charge >= 0.3 is 0 Å². The van der Waals surface area contributed by atoms with Gasteiger partial charge in [0.15, 0.2) is 0 Å². The van der Waals surface area contributed by atoms with Gasteiger partial charge in [0.2, 0.25) is 5.91 Å². The molecule has 2 atom stereocenters. The van der Waals surface area contributed by atoms with Gasteiger partial charge in [0.05, 0.1) is 6.07 Å². The highest BCUT2D eigenvalue weighted by molar-refractivity contribution is 5.78. The SMILES string of the molecule is N#C[C@@H]1CCCN1C(=O)CC(N)c1cccnc1. The molecule has 2 N–H and O–H groups in total. The lowest BCUT2D eigenvalue weighted by Gasteiger charge is -2.21. The average Bonchev–Trinajstić information content (AvgIpc) is 2.88. The van der Waals surface area contributed by atoms with Gasteiger partial charge in [-0.15, -0.1) is 0 Å². The number of likely N-dealkylation sites (tertiary alicyclic amines) is 1. The molecule has 1 unspecified atom stereocenters. The number of hydrogen-bond donors (Lipinski definition) is 1. The number of hydrogen-bond acceptors (Lipinski definition) is 4. The van der Waals surface area contributed by atoms with Gasteiger partial charge in [-0.1, -0.05) is 6.07 Å². The Labute approximate surface area is 106 Å². The third-order valence-electron chi connectivity index (χ3n) is 3.23. The van der Waals surface area contributed by atoms with Gasteiger partial charge in [-0.25, -0.2) is 0 Å². The summed E-state index contributed by atoms with van der Waals surface area (Å²) in [6.45, 7) is 0.664. The van der Waals surface area contributed by atoms with Crippen LogP contribution in [0, 0.1) is 11.3 Å². The second-order valence-electron chi connectivity index (χ2n) is 4.47. The molecular weight excluding hydrogens is 228 g/mol. The number of nitrogens with zero attached hydrogens (tertiary/aromatic N) is 3. The van der Waals surface area contributed by atoms with E-state index in [0.717, 1.165) is 18.4 Å². The molecule has 1 saturated heterocycles. The number of amides is 1. The summed E-state index contributed by atoms with van der Waals surface area (Å²) >= 11 is 0. The second kappa shape index (κ2) is 5.61. The first-order valence-electron chi connectivity index (χ1n) is 6.07. The second-order valence-corrected chi connectivity index (χ2v) is 4.47. The highest BCUT2D eigenvalue weighted by atomic mass is 16.2. The molecule has 1 amide bonds. The number of carbonyl (C=O) groups is 1. The van der Waals surface area contributed by atoms with E-state index in [0.29, 0.717) is 6.54 Å². The standard InChI is InChI=1S/C13H16N4O/c14-8-11-4-2-6-17(11)13(18)7-12(15)10-3-1-5-16-9-10/h1,3,5,9,11-12H,2,4,6-7,15H2/t11-,12?/m0/s1. The summed E-state index contributed by atoms with van der Waals surface area (Å²) in [5.41, 5.74) is 6.83. The normalized spacial score (nSPS) is 20.4. The molecule has 1 aliphatic rings. The number of nitriles is 1. The van der Waals surface area contributed by atoms with Crippen LogP contribution in [0.4, 0.5) is 0 Å². The summed E-state index contributed by atoms with van der Waals surface area (Å²) in [4.78, 5) is 17.7. The van der Waals surface area contributed by atoms with Crippen LogP contribution < -0.4 is 5.73 Å². The molecule has 18 heavy (non-hydrogen) atoms. The van der Waals surface area contributed by atoms with E-state index in [1.165, 1.54) is 0 Å². The summed E-state index contributed by atoms with van der Waals surface area (Å²) in [7, 11) is 0. The lowest BCUT2D eigenvalue weighted by molar-refractivity contribution is -0.131. The Hall–Kier alpha value is -1.93. The topological polar surface area (TPSA) is 83.0 Å². The summed E-state index contributed by atoms with van der Waals surface area (Å²) in [5, 5.41) is 8.95. The van der Waals surface area contributed by atoms with Crippen molar-refractivity contribution in [2.75, 3.05) is 6.54 Å². The van der Waals surface area contributed by atoms with E-state index in [2.05, 4.69) is 11.1 Å². The maximum atomic E-state index is 12.1. The van der Waals surface area contributed by atoms with Crippen molar-refractivity contribution in [3.05, 3.63) is 30.1 Å². The van der Waals surface area contributed by atoms with Gasteiger partial charge in [0.25, 0.3) is 0 Å². The van der Waals surface area contributed by atoms with Crippen LogP contribution >= 0.6 is 0 Å². The fourth-order valence-electron chi connectivity index (χ4n) is 2.22. The molecule has 2 rings (SSSR count). The van der Waals surface area contributed by atoms with Gasteiger partial charge in [-0.05, 0) is 24.5 Å². The predicted molar refractivity (Wildman–Crippen MR) is 66.1 cm³/mol. The van der Waals surface area contributed by atoms with E-state index in [1.54, 1.807) is 23.4 Å². The van der Waals surface area contributed by atoms with E-state index in [9.17, 15) is 4.79 Å². The Morgan fingerprint density at radius 3 is 3.22 bits per heavy atom. The zero-order chi connectivity index (χ0) is 13.0. The first-order chi connectivity index (χ1) is 8.72. The van der Waals surface area contributed by atoms with Crippen LogP contribution in [-0.2, 0) is 4.79 Å². The van der Waals surface area contributed by atoms with Gasteiger partial charge in [0, 0.05) is 31.4 Å². The first kappa shape index (κ1) is 12.5. The minimum Gasteiger partial charge on any atom is -0.327 e. The van der Waals surface area contributed by atoms with Crippen LogP contribution in [0.1, 0.15) is 30.9 Å². The highest BCUT2D eigenvalue weighted by Gasteiger charge is 2.29. The van der Waals surface area contributed by atoms with Crippen molar-refractivity contribution in [3.63, 3.8) is 0 Å². The van der Waals surface area contributed by atoms with Crippen LogP contribution in [0.15, 0.2) is 24.5 Å². The van der Waals surface area contributed by atoms with Gasteiger partial charge in [-0.3, -0.25) is 9.78 Å². The Kier molecular flexibility index (Phi) is 3.90. The first-order valence-corrected chi connectivity index (χ1v) is 6.07. The molecule has 1 aliphatic heterocycles. The number of rotatable bonds is 3. The van der Waals surface area contributed by atoms with E-state index in [4.69, 9.17) is 11.0 Å². The van der Waals surface area contributed by atoms with E-state index in [1.807, 2.05) is 6.07 Å². The van der Waals surface area contributed by atoms with E-state index < -0.39 is 0 Å². The number of carbonyl (C=O) groups excluding carboxylic acids is 1. The molecule has 1 aromatic heterocycles. The third kappa shape index (κ3) is 2.66. The van der Waals surface area contributed by atoms with Crippen LogP contribution in [0.25, 0.3) is 0 Å². The molecule has 0 saturated carbocycles. The summed E-state index contributed by atoms with van der Waals surface area (Å²) in [6.07, 6.45) is 5.23. The molecule has 0 aliphatic carbocycles. The van der Waals surface area contributed by atoms with Crippen molar-refractivity contribution < 1.29 is 4.79 Å². The maximum Gasteiger partial charge on any atom is 0.225 e. The van der Waals surface area contributed by atoms with Crippen LogP contribution in [-0.4, -0.2) is 28.4 Å². The zero-order valence-electron chi connectivity index (χ0n) is 10.1. The van der Waals surface area contributed by atoms with Crippen molar-refractivity contribution in [2.24, 2.45) is 5.73 Å². The fraction of sp³-hybridized carbons (Fsp3) is 0.462. The average molecular weight is 244 g/mol. The summed E-state index contributed by atoms with van der Waals surface area (Å²) < 4.78 is 0. The molecule has 94 valence electrons. The lowest BCUT2D eigenvalue weighted by atomic mass is 10.1. The summed E-state index contributed by atoms with van der Waals surface area (Å²) in [6, 6.07) is 5.18. The fourth-order valence-corrected chi connectivity index (χ4v) is 2.22. The van der Waals surface area contributed by atoms with Crippen molar-refractivity contribution in [2.45, 2.75) is 31.3 Å². The van der Waals surface area contributed by atoms with Gasteiger partial charge in [-0.2, -0.15) is 5.26 Å². The molecule has 1 aromatic rings. The molecule has 0 spiro atoms. The van der Waals surface area contributed by atoms with Gasteiger partial charge < -0.3 is 10.6 Å². The molecule has 5 heteroatoms. The van der Waals surface area contributed by atoms with Crippen LogP contribution in [0.3, 0.4) is 0 Å². The maximum absolute atomic E-state index is 12.1. The van der Waals surface area contributed by atoms with Crippen molar-refractivity contribution in [3.8, 4) is 6.07 Å². The Balaban J connectivity index is 1.98. The number of nitrogens with two attached hydrogens (primary N) is 1. The van der Waals surface area contributed by atoms with E-state index >= 15 is 0 Å². The Morgan fingerprint density at radius 1 is 1.72 bits per heavy atom. The molecule has 2 heterocycles. The van der Waals surface area contributed by atoms with Crippen molar-refractivity contribution >= 4 is 5.91 Å². The summed E-state index contributed by atoms with van der Waals surface area (Å²) in [5.74, 6) is -0.0459. The van der Waals surface area contributed by atoms with E-state index in [-0.39, 0.29) is 24.4 Å². The molecule has 1 fully saturated rings. The minimum atomic E-state index is -0.355. The molecule has 0 radical (unpaired) electrons. The smallest absolute Gasteiger partial charge is 0.225 e. The highest BCUT2D eigenvalue weighted by Crippen LogP contribution is 2.20. The Morgan fingerprint density at radius 2 is 2.56 bits per heavy atom. The third-order valence-corrected chi connectivity index (χ3v) is 3.23. The molecule has 0 bridgehead atoms. The van der Waals surface area contributed by atoms with Crippen molar-refractivity contribution in [1.29, 1.82) is 5.26 Å². The molecular formula is C13H16N4O. The number of aromatic nitrogens is 1. The number of pyridine rings is 1. The lowest BCUT2D eigenvalue weighted by Crippen LogP contribution is -2.36. The van der Waals surface area contributed by atoms with Crippen molar-refractivity contribution in [1.82, 2.24) is 9.88 Å².